The first kappa shape index (κ1) is 9.32. The summed E-state index contributed by atoms with van der Waals surface area (Å²) in [6, 6.07) is 6.57. The number of fused-ring (bicyclic) bond motifs is 1. The highest BCUT2D eigenvalue weighted by atomic mass is 14.7. The van der Waals surface area contributed by atoms with Crippen molar-refractivity contribution in [1.82, 2.24) is 4.98 Å². The summed E-state index contributed by atoms with van der Waals surface area (Å²) in [5.74, 6) is 0.585. The molecule has 2 aromatic rings. The van der Waals surface area contributed by atoms with Crippen LogP contribution in [0.5, 0.6) is 0 Å². The second-order valence-corrected chi connectivity index (χ2v) is 4.09. The lowest BCUT2D eigenvalue weighted by molar-refractivity contribution is 0.873. The number of aromatic amines is 1. The molecule has 0 aliphatic rings. The van der Waals surface area contributed by atoms with E-state index in [0.29, 0.717) is 5.92 Å². The summed E-state index contributed by atoms with van der Waals surface area (Å²) in [5, 5.41) is 1.39. The van der Waals surface area contributed by atoms with Crippen LogP contribution >= 0.6 is 0 Å². The maximum atomic E-state index is 3.39. The summed E-state index contributed by atoms with van der Waals surface area (Å²) in [6.45, 7) is 6.67. The van der Waals surface area contributed by atoms with E-state index < -0.39 is 0 Å². The molecule has 1 heterocycles. The van der Waals surface area contributed by atoms with E-state index in [-0.39, 0.29) is 0 Å². The molecule has 1 N–H and O–H groups in total. The molecule has 1 aromatic carbocycles. The van der Waals surface area contributed by atoms with Crippen LogP contribution in [0.25, 0.3) is 10.9 Å². The molecule has 1 nitrogen and oxygen atoms in total. The molecule has 0 atom stereocenters. The summed E-state index contributed by atoms with van der Waals surface area (Å²) in [5.41, 5.74) is 4.16. The van der Waals surface area contributed by atoms with Crippen molar-refractivity contribution < 1.29 is 0 Å². The molecule has 1 aromatic heterocycles. The third kappa shape index (κ3) is 1.33. The highest BCUT2D eigenvalue weighted by Crippen LogP contribution is 2.26. The fourth-order valence-corrected chi connectivity index (χ4v) is 2.01. The number of hydrogen-bond acceptors (Lipinski definition) is 0. The van der Waals surface area contributed by atoms with Crippen LogP contribution in [0.1, 0.15) is 37.8 Å². The molecule has 0 amide bonds. The van der Waals surface area contributed by atoms with Gasteiger partial charge in [-0.25, -0.2) is 0 Å². The first-order valence-electron chi connectivity index (χ1n) is 5.33. The van der Waals surface area contributed by atoms with Crippen LogP contribution in [-0.4, -0.2) is 4.98 Å². The van der Waals surface area contributed by atoms with Gasteiger partial charge in [0.25, 0.3) is 0 Å². The molecule has 0 saturated carbocycles. The highest BCUT2D eigenvalue weighted by molar-refractivity contribution is 5.86. The predicted molar refractivity (Wildman–Crippen MR) is 61.8 cm³/mol. The van der Waals surface area contributed by atoms with E-state index in [1.165, 1.54) is 22.0 Å². The van der Waals surface area contributed by atoms with Crippen LogP contribution in [0, 0.1) is 0 Å². The van der Waals surface area contributed by atoms with Crippen molar-refractivity contribution in [2.45, 2.75) is 33.1 Å². The van der Waals surface area contributed by atoms with Gasteiger partial charge in [0.05, 0.1) is 0 Å². The summed E-state index contributed by atoms with van der Waals surface area (Å²) in [4.78, 5) is 3.39. The largest absolute Gasteiger partial charge is 0.361 e. The van der Waals surface area contributed by atoms with E-state index in [9.17, 15) is 0 Å². The summed E-state index contributed by atoms with van der Waals surface area (Å²) in [6.07, 6.45) is 3.23. The van der Waals surface area contributed by atoms with Crippen molar-refractivity contribution in [2.24, 2.45) is 0 Å². The maximum Gasteiger partial charge on any atom is 0.0491 e. The molecule has 0 aliphatic carbocycles. The van der Waals surface area contributed by atoms with Crippen LogP contribution in [0.3, 0.4) is 0 Å². The Labute approximate surface area is 85.1 Å². The minimum Gasteiger partial charge on any atom is -0.361 e. The number of rotatable bonds is 2. The zero-order valence-corrected chi connectivity index (χ0v) is 9.09. The van der Waals surface area contributed by atoms with Gasteiger partial charge in [-0.3, -0.25) is 0 Å². The standard InChI is InChI=1S/C13H17N/c1-4-10-8-14-13-11(9(2)3)6-5-7-12(10)13/h5-9,14H,4H2,1-3H3. The topological polar surface area (TPSA) is 15.8 Å². The number of aromatic nitrogens is 1. The average Bonchev–Trinajstić information content (AvgIpc) is 2.59. The lowest BCUT2D eigenvalue weighted by Gasteiger charge is -2.06. The van der Waals surface area contributed by atoms with E-state index in [0.717, 1.165) is 6.42 Å². The molecule has 0 radical (unpaired) electrons. The molecular weight excluding hydrogens is 170 g/mol. The van der Waals surface area contributed by atoms with Gasteiger partial charge in [-0.05, 0) is 23.5 Å². The quantitative estimate of drug-likeness (QED) is 0.735. The van der Waals surface area contributed by atoms with E-state index >= 15 is 0 Å². The van der Waals surface area contributed by atoms with Crippen molar-refractivity contribution in [3.63, 3.8) is 0 Å². The Kier molecular flexibility index (Phi) is 2.32. The fraction of sp³-hybridized carbons (Fsp3) is 0.385. The number of aryl methyl sites for hydroxylation is 1. The van der Waals surface area contributed by atoms with Crippen molar-refractivity contribution >= 4 is 10.9 Å². The third-order valence-corrected chi connectivity index (χ3v) is 2.84. The Hall–Kier alpha value is -1.24. The van der Waals surface area contributed by atoms with E-state index in [4.69, 9.17) is 0 Å². The predicted octanol–water partition coefficient (Wildman–Crippen LogP) is 3.85. The molecule has 2 rings (SSSR count). The van der Waals surface area contributed by atoms with Crippen molar-refractivity contribution in [2.75, 3.05) is 0 Å². The number of hydrogen-bond donors (Lipinski definition) is 1. The minimum atomic E-state index is 0.585. The molecule has 14 heavy (non-hydrogen) atoms. The number of benzene rings is 1. The molecule has 1 heteroatoms. The van der Waals surface area contributed by atoms with E-state index in [1.807, 2.05) is 0 Å². The normalized spacial score (nSPS) is 11.4. The SMILES string of the molecule is CCc1c[nH]c2c(C(C)C)cccc12. The zero-order valence-electron chi connectivity index (χ0n) is 9.09. The van der Waals surface area contributed by atoms with E-state index in [1.54, 1.807) is 0 Å². The van der Waals surface area contributed by atoms with Gasteiger partial charge in [-0.15, -0.1) is 0 Å². The van der Waals surface area contributed by atoms with Crippen molar-refractivity contribution in [1.29, 1.82) is 0 Å². The lowest BCUT2D eigenvalue weighted by Crippen LogP contribution is -1.88. The van der Waals surface area contributed by atoms with Gasteiger partial charge in [-0.1, -0.05) is 39.0 Å². The van der Waals surface area contributed by atoms with Crippen LogP contribution in [0.4, 0.5) is 0 Å². The van der Waals surface area contributed by atoms with Gasteiger partial charge in [0.15, 0.2) is 0 Å². The van der Waals surface area contributed by atoms with Crippen LogP contribution < -0.4 is 0 Å². The van der Waals surface area contributed by atoms with Gasteiger partial charge >= 0.3 is 0 Å². The molecule has 0 spiro atoms. The Bertz CT molecular complexity index is 437. The second kappa shape index (κ2) is 3.49. The van der Waals surface area contributed by atoms with Gasteiger partial charge in [0.1, 0.15) is 0 Å². The van der Waals surface area contributed by atoms with E-state index in [2.05, 4.69) is 50.2 Å². The molecule has 74 valence electrons. The molecular formula is C13H17N. The maximum absolute atomic E-state index is 3.39. The van der Waals surface area contributed by atoms with Crippen molar-refractivity contribution in [3.8, 4) is 0 Å². The zero-order chi connectivity index (χ0) is 10.1. The lowest BCUT2D eigenvalue weighted by atomic mass is 9.99. The monoisotopic (exact) mass is 187 g/mol. The highest BCUT2D eigenvalue weighted by Gasteiger charge is 2.07. The van der Waals surface area contributed by atoms with Gasteiger partial charge < -0.3 is 4.98 Å². The molecule has 0 aliphatic heterocycles. The first-order chi connectivity index (χ1) is 6.74. The average molecular weight is 187 g/mol. The first-order valence-corrected chi connectivity index (χ1v) is 5.33. The summed E-state index contributed by atoms with van der Waals surface area (Å²) in [7, 11) is 0. The third-order valence-electron chi connectivity index (χ3n) is 2.84. The summed E-state index contributed by atoms with van der Waals surface area (Å²) >= 11 is 0. The molecule has 0 unspecified atom stereocenters. The second-order valence-electron chi connectivity index (χ2n) is 4.09. The number of nitrogens with one attached hydrogen (secondary N) is 1. The summed E-state index contributed by atoms with van der Waals surface area (Å²) < 4.78 is 0. The molecule has 0 saturated heterocycles. The molecule has 0 bridgehead atoms. The number of H-pyrrole nitrogens is 1. The molecule has 0 fully saturated rings. The van der Waals surface area contributed by atoms with Gasteiger partial charge in [0, 0.05) is 17.1 Å². The smallest absolute Gasteiger partial charge is 0.0491 e. The number of para-hydroxylation sites is 1. The minimum absolute atomic E-state index is 0.585. The Morgan fingerprint density at radius 1 is 1.29 bits per heavy atom. The fourth-order valence-electron chi connectivity index (χ4n) is 2.01. The van der Waals surface area contributed by atoms with Gasteiger partial charge in [-0.2, -0.15) is 0 Å². The Morgan fingerprint density at radius 3 is 2.71 bits per heavy atom. The Morgan fingerprint density at radius 2 is 2.07 bits per heavy atom. The van der Waals surface area contributed by atoms with Crippen LogP contribution in [0.2, 0.25) is 0 Å². The van der Waals surface area contributed by atoms with Gasteiger partial charge in [0.2, 0.25) is 0 Å². The van der Waals surface area contributed by atoms with Crippen LogP contribution in [0.15, 0.2) is 24.4 Å². The van der Waals surface area contributed by atoms with Crippen molar-refractivity contribution in [3.05, 3.63) is 35.5 Å². The Balaban J connectivity index is 2.70. The van der Waals surface area contributed by atoms with Crippen LogP contribution in [-0.2, 0) is 6.42 Å².